The van der Waals surface area contributed by atoms with Crippen LogP contribution >= 0.6 is 0 Å². The van der Waals surface area contributed by atoms with E-state index >= 15 is 0 Å². The van der Waals surface area contributed by atoms with Crippen LogP contribution in [0.4, 0.5) is 11.4 Å². The lowest BCUT2D eigenvalue weighted by Gasteiger charge is -2.38. The highest BCUT2D eigenvalue weighted by Crippen LogP contribution is 2.42. The molecule has 2 N–H and O–H groups in total. The molecule has 1 saturated carbocycles. The fourth-order valence-electron chi connectivity index (χ4n) is 3.52. The van der Waals surface area contributed by atoms with Crippen LogP contribution in [0, 0.1) is 0 Å². The van der Waals surface area contributed by atoms with E-state index in [0.29, 0.717) is 0 Å². The number of rotatable bonds is 2. The number of hydrogen-bond acceptors (Lipinski definition) is 4. The Morgan fingerprint density at radius 2 is 1.55 bits per heavy atom. The Balaban J connectivity index is 1.95. The van der Waals surface area contributed by atoms with Crippen molar-refractivity contribution < 1.29 is 9.47 Å². The van der Waals surface area contributed by atoms with E-state index in [1.165, 1.54) is 38.5 Å². The summed E-state index contributed by atoms with van der Waals surface area (Å²) in [5.74, 6) is 1.56. The maximum absolute atomic E-state index is 5.43. The van der Waals surface area contributed by atoms with Crippen molar-refractivity contribution in [1.29, 1.82) is 0 Å². The van der Waals surface area contributed by atoms with Crippen molar-refractivity contribution in [3.8, 4) is 11.5 Å². The molecule has 3 rings (SSSR count). The summed E-state index contributed by atoms with van der Waals surface area (Å²) in [6.07, 6.45) is 7.73. The van der Waals surface area contributed by atoms with Gasteiger partial charge in [-0.1, -0.05) is 19.3 Å². The highest BCUT2D eigenvalue weighted by molar-refractivity contribution is 5.75. The molecule has 1 fully saturated rings. The zero-order chi connectivity index (χ0) is 14.0. The highest BCUT2D eigenvalue weighted by atomic mass is 16.5. The molecule has 110 valence electrons. The van der Waals surface area contributed by atoms with Gasteiger partial charge in [0.2, 0.25) is 0 Å². The number of methoxy groups -OCH3 is 2. The lowest BCUT2D eigenvalue weighted by molar-refractivity contribution is 0.312. The van der Waals surface area contributed by atoms with Crippen molar-refractivity contribution >= 4 is 11.4 Å². The number of nitrogens with one attached hydrogen (secondary N) is 2. The molecule has 2 aliphatic rings. The summed E-state index contributed by atoms with van der Waals surface area (Å²) in [7, 11) is 3.36. The van der Waals surface area contributed by atoms with E-state index < -0.39 is 0 Å². The fourth-order valence-corrected chi connectivity index (χ4v) is 3.52. The number of fused-ring (bicyclic) bond motifs is 1. The number of benzene rings is 1. The van der Waals surface area contributed by atoms with Gasteiger partial charge in [0.25, 0.3) is 0 Å². The Morgan fingerprint density at radius 1 is 0.900 bits per heavy atom. The zero-order valence-corrected chi connectivity index (χ0v) is 12.4. The second kappa shape index (κ2) is 5.43. The van der Waals surface area contributed by atoms with E-state index in [2.05, 4.69) is 16.7 Å². The highest BCUT2D eigenvalue weighted by Gasteiger charge is 2.34. The van der Waals surface area contributed by atoms with Gasteiger partial charge in [0.1, 0.15) is 0 Å². The quantitative estimate of drug-likeness (QED) is 0.865. The SMILES string of the molecule is COc1cc2c(cc1OC)NC1(CCCCC1)CCN2. The molecule has 1 aliphatic carbocycles. The molecule has 0 aromatic heterocycles. The summed E-state index contributed by atoms with van der Waals surface area (Å²) >= 11 is 0. The molecular weight excluding hydrogens is 252 g/mol. The maximum Gasteiger partial charge on any atom is 0.162 e. The number of hydrogen-bond donors (Lipinski definition) is 2. The number of anilines is 2. The molecular formula is C16H24N2O2. The maximum atomic E-state index is 5.43. The van der Waals surface area contributed by atoms with E-state index in [1.54, 1.807) is 14.2 Å². The second-order valence-electron chi connectivity index (χ2n) is 5.90. The van der Waals surface area contributed by atoms with E-state index in [9.17, 15) is 0 Å². The molecule has 0 saturated heterocycles. The predicted octanol–water partition coefficient (Wildman–Crippen LogP) is 3.63. The van der Waals surface area contributed by atoms with Crippen molar-refractivity contribution in [3.63, 3.8) is 0 Å². The largest absolute Gasteiger partial charge is 0.493 e. The van der Waals surface area contributed by atoms with Crippen molar-refractivity contribution in [1.82, 2.24) is 0 Å². The minimum Gasteiger partial charge on any atom is -0.493 e. The summed E-state index contributed by atoms with van der Waals surface area (Å²) in [6, 6.07) is 4.09. The smallest absolute Gasteiger partial charge is 0.162 e. The minimum absolute atomic E-state index is 0.260. The molecule has 4 heteroatoms. The molecule has 0 radical (unpaired) electrons. The molecule has 1 heterocycles. The Bertz CT molecular complexity index is 482. The summed E-state index contributed by atoms with van der Waals surface area (Å²) in [5.41, 5.74) is 2.52. The van der Waals surface area contributed by atoms with Crippen molar-refractivity contribution in [2.75, 3.05) is 31.4 Å². The summed E-state index contributed by atoms with van der Waals surface area (Å²) < 4.78 is 10.8. The molecule has 20 heavy (non-hydrogen) atoms. The molecule has 1 aliphatic heterocycles. The van der Waals surface area contributed by atoms with Gasteiger partial charge in [0, 0.05) is 24.2 Å². The van der Waals surface area contributed by atoms with Gasteiger partial charge in [-0.25, -0.2) is 0 Å². The molecule has 1 aromatic rings. The third-order valence-corrected chi connectivity index (χ3v) is 4.65. The van der Waals surface area contributed by atoms with E-state index in [4.69, 9.17) is 9.47 Å². The first-order chi connectivity index (χ1) is 9.76. The molecule has 0 atom stereocenters. The second-order valence-corrected chi connectivity index (χ2v) is 5.90. The van der Waals surface area contributed by atoms with Crippen molar-refractivity contribution in [2.45, 2.75) is 44.1 Å². The molecule has 1 spiro atoms. The van der Waals surface area contributed by atoms with Crippen LogP contribution in [0.15, 0.2) is 12.1 Å². The molecule has 0 bridgehead atoms. The minimum atomic E-state index is 0.260. The van der Waals surface area contributed by atoms with Crippen LogP contribution in [-0.2, 0) is 0 Å². The molecule has 0 unspecified atom stereocenters. The average Bonchev–Trinajstić information content (AvgIpc) is 2.65. The van der Waals surface area contributed by atoms with E-state index in [0.717, 1.165) is 29.4 Å². The topological polar surface area (TPSA) is 42.5 Å². The summed E-state index contributed by atoms with van der Waals surface area (Å²) in [6.45, 7) is 1.01. The summed E-state index contributed by atoms with van der Waals surface area (Å²) in [5, 5.41) is 7.33. The third kappa shape index (κ3) is 2.39. The van der Waals surface area contributed by atoms with Gasteiger partial charge in [0.05, 0.1) is 25.6 Å². The summed E-state index contributed by atoms with van der Waals surface area (Å²) in [4.78, 5) is 0. The first kappa shape index (κ1) is 13.4. The molecule has 4 nitrogen and oxygen atoms in total. The first-order valence-corrected chi connectivity index (χ1v) is 7.54. The average molecular weight is 276 g/mol. The van der Waals surface area contributed by atoms with E-state index in [-0.39, 0.29) is 5.54 Å². The molecule has 1 aromatic carbocycles. The van der Waals surface area contributed by atoms with Crippen molar-refractivity contribution in [3.05, 3.63) is 12.1 Å². The van der Waals surface area contributed by atoms with Crippen LogP contribution in [0.3, 0.4) is 0 Å². The van der Waals surface area contributed by atoms with Gasteiger partial charge in [-0.05, 0) is 19.3 Å². The predicted molar refractivity (Wildman–Crippen MR) is 82.1 cm³/mol. The Morgan fingerprint density at radius 3 is 2.20 bits per heavy atom. The monoisotopic (exact) mass is 276 g/mol. The Labute approximate surface area is 120 Å². The van der Waals surface area contributed by atoms with Gasteiger partial charge >= 0.3 is 0 Å². The van der Waals surface area contributed by atoms with Crippen LogP contribution in [0.25, 0.3) is 0 Å². The Hall–Kier alpha value is -1.58. The van der Waals surface area contributed by atoms with Crippen LogP contribution in [0.1, 0.15) is 38.5 Å². The van der Waals surface area contributed by atoms with Crippen LogP contribution < -0.4 is 20.1 Å². The lowest BCUT2D eigenvalue weighted by atomic mass is 9.79. The molecule has 0 amide bonds. The zero-order valence-electron chi connectivity index (χ0n) is 12.4. The number of ether oxygens (including phenoxy) is 2. The van der Waals surface area contributed by atoms with Gasteiger partial charge in [0.15, 0.2) is 11.5 Å². The van der Waals surface area contributed by atoms with E-state index in [1.807, 2.05) is 6.07 Å². The van der Waals surface area contributed by atoms with Crippen LogP contribution in [0.2, 0.25) is 0 Å². The normalized spacial score (nSPS) is 20.3. The fraction of sp³-hybridized carbons (Fsp3) is 0.625. The van der Waals surface area contributed by atoms with Gasteiger partial charge in [-0.15, -0.1) is 0 Å². The van der Waals surface area contributed by atoms with Gasteiger partial charge in [-0.3, -0.25) is 0 Å². The van der Waals surface area contributed by atoms with Crippen LogP contribution in [0.5, 0.6) is 11.5 Å². The first-order valence-electron chi connectivity index (χ1n) is 7.54. The third-order valence-electron chi connectivity index (χ3n) is 4.65. The standard InChI is InChI=1S/C16H24N2O2/c1-19-14-10-12-13(11-15(14)20-2)18-16(8-9-17-12)6-4-3-5-7-16/h10-11,17-18H,3-9H2,1-2H3. The van der Waals surface area contributed by atoms with Gasteiger partial charge in [-0.2, -0.15) is 0 Å². The Kier molecular flexibility index (Phi) is 3.64. The van der Waals surface area contributed by atoms with Crippen LogP contribution in [-0.4, -0.2) is 26.3 Å². The van der Waals surface area contributed by atoms with Crippen molar-refractivity contribution in [2.24, 2.45) is 0 Å². The van der Waals surface area contributed by atoms with Gasteiger partial charge < -0.3 is 20.1 Å². The lowest BCUT2D eigenvalue weighted by Crippen LogP contribution is -2.40.